The van der Waals surface area contributed by atoms with Crippen LogP contribution in [0.15, 0.2) is 60.7 Å². The Labute approximate surface area is 193 Å². The minimum absolute atomic E-state index is 0.0181. The number of nitrogens with two attached hydrogens (primary N) is 2. The minimum Gasteiger partial charge on any atom is -0.382 e. The second-order valence-corrected chi connectivity index (χ2v) is 8.14. The number of primary amides is 1. The van der Waals surface area contributed by atoms with E-state index in [0.29, 0.717) is 18.1 Å². The number of halogens is 3. The Morgan fingerprint density at radius 3 is 2.35 bits per heavy atom. The number of alkyl halides is 3. The first-order chi connectivity index (χ1) is 16.1. The van der Waals surface area contributed by atoms with Gasteiger partial charge in [-0.3, -0.25) is 10.00 Å². The van der Waals surface area contributed by atoms with Crippen LogP contribution in [-0.2, 0) is 12.7 Å². The molecule has 0 aliphatic rings. The predicted molar refractivity (Wildman–Crippen MR) is 126 cm³/mol. The fourth-order valence-electron chi connectivity index (χ4n) is 3.94. The average molecular weight is 468 g/mol. The normalized spacial score (nSPS) is 11.8. The number of nitrogen functional groups attached to an aromatic ring is 1. The molecule has 2 amide bonds. The van der Waals surface area contributed by atoms with Gasteiger partial charge in [0.25, 0.3) is 0 Å². The van der Waals surface area contributed by atoms with Crippen molar-refractivity contribution in [1.82, 2.24) is 15.1 Å². The first-order valence-electron chi connectivity index (χ1n) is 10.3. The molecule has 1 heterocycles. The van der Waals surface area contributed by atoms with Gasteiger partial charge in [0, 0.05) is 6.54 Å². The number of aromatic amines is 1. The van der Waals surface area contributed by atoms with E-state index in [0.717, 1.165) is 44.6 Å². The number of benzene rings is 3. The third-order valence-electron chi connectivity index (χ3n) is 5.41. The van der Waals surface area contributed by atoms with Crippen LogP contribution in [0.3, 0.4) is 0 Å². The van der Waals surface area contributed by atoms with Crippen LogP contribution in [0.1, 0.15) is 11.1 Å². The molecule has 4 aromatic rings. The second kappa shape index (κ2) is 8.71. The molecule has 10 heteroatoms. The summed E-state index contributed by atoms with van der Waals surface area (Å²) >= 11 is 0. The van der Waals surface area contributed by atoms with Gasteiger partial charge in [-0.25, -0.2) is 4.79 Å². The summed E-state index contributed by atoms with van der Waals surface area (Å²) in [7, 11) is 3.93. The lowest BCUT2D eigenvalue weighted by Gasteiger charge is -2.22. The number of aromatic nitrogens is 2. The van der Waals surface area contributed by atoms with Crippen molar-refractivity contribution in [3.8, 4) is 11.1 Å². The van der Waals surface area contributed by atoms with E-state index in [-0.39, 0.29) is 5.69 Å². The minimum atomic E-state index is -4.54. The number of amides is 2. The van der Waals surface area contributed by atoms with Crippen molar-refractivity contribution in [2.75, 3.05) is 24.7 Å². The molecule has 5 N–H and O–H groups in total. The number of hydrogen-bond acceptors (Lipinski definition) is 4. The summed E-state index contributed by atoms with van der Waals surface area (Å²) in [5.41, 5.74) is 14.6. The highest BCUT2D eigenvalue weighted by Crippen LogP contribution is 2.37. The van der Waals surface area contributed by atoms with Crippen LogP contribution >= 0.6 is 0 Å². The van der Waals surface area contributed by atoms with E-state index in [4.69, 9.17) is 11.5 Å². The van der Waals surface area contributed by atoms with Gasteiger partial charge in [0.2, 0.25) is 0 Å². The lowest BCUT2D eigenvalue weighted by molar-refractivity contribution is -0.137. The molecule has 34 heavy (non-hydrogen) atoms. The number of hydrogen-bond donors (Lipinski definition) is 3. The lowest BCUT2D eigenvalue weighted by atomic mass is 9.98. The van der Waals surface area contributed by atoms with Crippen molar-refractivity contribution in [2.45, 2.75) is 12.7 Å². The molecular weight excluding hydrogens is 445 g/mol. The Morgan fingerprint density at radius 2 is 1.74 bits per heavy atom. The fraction of sp³-hybridized carbons (Fsp3) is 0.167. The molecule has 0 bridgehead atoms. The van der Waals surface area contributed by atoms with Gasteiger partial charge < -0.3 is 16.4 Å². The molecule has 4 rings (SSSR count). The summed E-state index contributed by atoms with van der Waals surface area (Å²) in [6.45, 7) is 0.696. The van der Waals surface area contributed by atoms with Gasteiger partial charge >= 0.3 is 12.2 Å². The molecule has 0 aliphatic carbocycles. The highest BCUT2D eigenvalue weighted by Gasteiger charge is 2.31. The molecule has 1 aromatic heterocycles. The number of fused-ring (bicyclic) bond motifs is 1. The van der Waals surface area contributed by atoms with Gasteiger partial charge in [-0.15, -0.1) is 0 Å². The zero-order valence-electron chi connectivity index (χ0n) is 18.5. The summed E-state index contributed by atoms with van der Waals surface area (Å²) in [6.07, 6.45) is -4.54. The van der Waals surface area contributed by atoms with Gasteiger partial charge in [-0.2, -0.15) is 18.3 Å². The summed E-state index contributed by atoms with van der Waals surface area (Å²) in [5.74, 6) is 0.359. The van der Waals surface area contributed by atoms with Crippen molar-refractivity contribution in [2.24, 2.45) is 5.73 Å². The SMILES string of the molecule is CN(C)Cc1ccc(-c2ccc(N(C(N)=O)c3cccc(C(F)(F)F)c3)cc2)c2c(N)n[nH]c12. The summed E-state index contributed by atoms with van der Waals surface area (Å²) < 4.78 is 39.5. The van der Waals surface area contributed by atoms with Crippen LogP contribution in [0, 0.1) is 0 Å². The number of nitrogens with one attached hydrogen (secondary N) is 1. The van der Waals surface area contributed by atoms with E-state index in [9.17, 15) is 18.0 Å². The Hall–Kier alpha value is -4.05. The van der Waals surface area contributed by atoms with E-state index in [1.807, 2.05) is 31.1 Å². The van der Waals surface area contributed by atoms with Gasteiger partial charge in [-0.1, -0.05) is 30.3 Å². The topological polar surface area (TPSA) is 104 Å². The van der Waals surface area contributed by atoms with Gasteiger partial charge in [0.05, 0.1) is 27.8 Å². The van der Waals surface area contributed by atoms with Crippen LogP contribution in [0.25, 0.3) is 22.0 Å². The van der Waals surface area contributed by atoms with Crippen LogP contribution in [0.5, 0.6) is 0 Å². The van der Waals surface area contributed by atoms with Crippen molar-refractivity contribution < 1.29 is 18.0 Å². The highest BCUT2D eigenvalue weighted by atomic mass is 19.4. The summed E-state index contributed by atoms with van der Waals surface area (Å²) in [6, 6.07) is 14.2. The van der Waals surface area contributed by atoms with E-state index in [1.54, 1.807) is 24.3 Å². The number of carbonyl (C=O) groups is 1. The first kappa shape index (κ1) is 23.1. The largest absolute Gasteiger partial charge is 0.416 e. The molecule has 0 fully saturated rings. The smallest absolute Gasteiger partial charge is 0.382 e. The molecule has 0 aliphatic heterocycles. The predicted octanol–water partition coefficient (Wildman–Crippen LogP) is 5.11. The molecule has 0 radical (unpaired) electrons. The number of urea groups is 1. The zero-order valence-corrected chi connectivity index (χ0v) is 18.5. The van der Waals surface area contributed by atoms with Gasteiger partial charge in [0.1, 0.15) is 0 Å². The Bertz CT molecular complexity index is 1350. The van der Waals surface area contributed by atoms with Crippen LogP contribution < -0.4 is 16.4 Å². The van der Waals surface area contributed by atoms with E-state index < -0.39 is 17.8 Å². The molecule has 0 spiro atoms. The van der Waals surface area contributed by atoms with E-state index >= 15 is 0 Å². The van der Waals surface area contributed by atoms with Crippen molar-refractivity contribution in [3.63, 3.8) is 0 Å². The molecule has 7 nitrogen and oxygen atoms in total. The van der Waals surface area contributed by atoms with Gasteiger partial charge in [-0.05, 0) is 61.1 Å². The highest BCUT2D eigenvalue weighted by molar-refractivity contribution is 6.03. The third kappa shape index (κ3) is 4.40. The molecular formula is C24H23F3N6O. The molecule has 0 unspecified atom stereocenters. The van der Waals surface area contributed by atoms with E-state index in [1.165, 1.54) is 12.1 Å². The molecule has 0 saturated heterocycles. The maximum Gasteiger partial charge on any atom is 0.416 e. The average Bonchev–Trinajstić information content (AvgIpc) is 3.16. The van der Waals surface area contributed by atoms with Crippen LogP contribution in [0.4, 0.5) is 35.2 Å². The lowest BCUT2D eigenvalue weighted by Crippen LogP contribution is -2.31. The number of H-pyrrole nitrogens is 1. The number of nitrogens with zero attached hydrogens (tertiary/aromatic N) is 3. The maximum absolute atomic E-state index is 13.2. The van der Waals surface area contributed by atoms with Crippen molar-refractivity contribution >= 4 is 34.1 Å². The van der Waals surface area contributed by atoms with Crippen LogP contribution in [-0.4, -0.2) is 35.2 Å². The Morgan fingerprint density at radius 1 is 1.03 bits per heavy atom. The van der Waals surface area contributed by atoms with Crippen LogP contribution in [0.2, 0.25) is 0 Å². The number of rotatable bonds is 5. The standard InChI is InChI=1S/C24H23F3N6O/c1-32(2)13-15-8-11-19(20-21(15)30-31-22(20)28)14-6-9-17(10-7-14)33(23(29)34)18-5-3-4-16(12-18)24(25,26)27/h3-12H,13H2,1-2H3,(H2,29,34)(H3,28,30,31). The van der Waals surface area contributed by atoms with Gasteiger partial charge in [0.15, 0.2) is 5.82 Å². The Balaban J connectivity index is 1.74. The van der Waals surface area contributed by atoms with E-state index in [2.05, 4.69) is 10.2 Å². The summed E-state index contributed by atoms with van der Waals surface area (Å²) in [4.78, 5) is 15.2. The fourth-order valence-corrected chi connectivity index (χ4v) is 3.94. The maximum atomic E-state index is 13.2. The Kier molecular flexibility index (Phi) is 5.92. The third-order valence-corrected chi connectivity index (χ3v) is 5.41. The molecule has 176 valence electrons. The van der Waals surface area contributed by atoms with Crippen molar-refractivity contribution in [3.05, 3.63) is 71.8 Å². The quantitative estimate of drug-likeness (QED) is 0.379. The molecule has 0 saturated carbocycles. The monoisotopic (exact) mass is 468 g/mol. The summed E-state index contributed by atoms with van der Waals surface area (Å²) in [5, 5.41) is 7.93. The molecule has 3 aromatic carbocycles. The molecule has 0 atom stereocenters. The number of carbonyl (C=O) groups excluding carboxylic acids is 1. The van der Waals surface area contributed by atoms with Crippen molar-refractivity contribution in [1.29, 1.82) is 0 Å². The first-order valence-corrected chi connectivity index (χ1v) is 10.3. The zero-order chi connectivity index (χ0) is 24.6. The second-order valence-electron chi connectivity index (χ2n) is 8.14. The number of anilines is 3.